The fraction of sp³-hybridized carbons (Fsp3) is 0.167. The number of carbonyl (C=O) groups is 1. The maximum atomic E-state index is 12.7. The summed E-state index contributed by atoms with van der Waals surface area (Å²) in [5.74, 6) is 0.280. The van der Waals surface area contributed by atoms with E-state index < -0.39 is 10.8 Å². The Morgan fingerprint density at radius 2 is 1.96 bits per heavy atom. The molecule has 0 fully saturated rings. The highest BCUT2D eigenvalue weighted by Gasteiger charge is 2.19. The van der Waals surface area contributed by atoms with Crippen LogP contribution < -0.4 is 10.2 Å². The van der Waals surface area contributed by atoms with Crippen LogP contribution in [0.25, 0.3) is 0 Å². The van der Waals surface area contributed by atoms with Crippen molar-refractivity contribution in [3.63, 3.8) is 0 Å². The summed E-state index contributed by atoms with van der Waals surface area (Å²) < 4.78 is 0.728. The van der Waals surface area contributed by atoms with Crippen LogP contribution in [-0.4, -0.2) is 35.1 Å². The number of amides is 1. The number of nitro groups is 1. The number of nitrogens with one attached hydrogen (secondary N) is 1. The molecule has 0 saturated heterocycles. The quantitative estimate of drug-likeness (QED) is 0.269. The molecule has 1 amide bonds. The summed E-state index contributed by atoms with van der Waals surface area (Å²) in [5, 5.41) is 22.1. The van der Waals surface area contributed by atoms with Gasteiger partial charge in [-0.05, 0) is 11.6 Å². The molecule has 1 aromatic heterocycles. The first-order valence-electron chi connectivity index (χ1n) is 8.21. The van der Waals surface area contributed by atoms with Gasteiger partial charge in [-0.15, -0.1) is 10.2 Å². The Morgan fingerprint density at radius 3 is 2.64 bits per heavy atom. The van der Waals surface area contributed by atoms with E-state index in [9.17, 15) is 14.9 Å². The van der Waals surface area contributed by atoms with E-state index in [1.807, 2.05) is 30.3 Å². The number of hydrogen-bond donors (Lipinski definition) is 1. The Hall–Kier alpha value is -2.98. The predicted octanol–water partition coefficient (Wildman–Crippen LogP) is 4.06. The van der Waals surface area contributed by atoms with E-state index in [0.717, 1.165) is 10.1 Å². The van der Waals surface area contributed by atoms with Crippen LogP contribution in [0.4, 0.5) is 16.5 Å². The number of nitrogens with zero attached hydrogens (tertiary/aromatic N) is 4. The van der Waals surface area contributed by atoms with Gasteiger partial charge in [0.2, 0.25) is 5.13 Å². The Kier molecular flexibility index (Phi) is 6.22. The highest BCUT2D eigenvalue weighted by atomic mass is 32.2. The lowest BCUT2D eigenvalue weighted by atomic mass is 10.1. The van der Waals surface area contributed by atoms with Gasteiger partial charge in [-0.25, -0.2) is 0 Å². The largest absolute Gasteiger partial charge is 0.377 e. The zero-order valence-corrected chi connectivity index (χ0v) is 16.8. The molecule has 0 aliphatic heterocycles. The molecule has 0 unspecified atom stereocenters. The summed E-state index contributed by atoms with van der Waals surface area (Å²) in [7, 11) is 3.53. The van der Waals surface area contributed by atoms with Gasteiger partial charge >= 0.3 is 0 Å². The number of rotatable bonds is 7. The summed E-state index contributed by atoms with van der Waals surface area (Å²) in [6.07, 6.45) is 0. The highest BCUT2D eigenvalue weighted by molar-refractivity contribution is 8.00. The summed E-state index contributed by atoms with van der Waals surface area (Å²) in [5.41, 5.74) is 1.80. The maximum Gasteiger partial charge on any atom is 0.270 e. The molecule has 0 aliphatic rings. The lowest BCUT2D eigenvalue weighted by Gasteiger charge is -2.16. The van der Waals surface area contributed by atoms with Crippen molar-refractivity contribution in [2.75, 3.05) is 24.3 Å². The molecule has 0 saturated carbocycles. The first-order valence-corrected chi connectivity index (χ1v) is 10.0. The molecule has 1 N–H and O–H groups in total. The molecule has 3 rings (SSSR count). The Labute approximate surface area is 169 Å². The van der Waals surface area contributed by atoms with Crippen LogP contribution in [-0.2, 0) is 5.75 Å². The molecular formula is C18H17N5O3S2. The molecule has 8 nitrogen and oxygen atoms in total. The second kappa shape index (κ2) is 8.81. The van der Waals surface area contributed by atoms with Gasteiger partial charge in [0.15, 0.2) is 4.34 Å². The monoisotopic (exact) mass is 415 g/mol. The van der Waals surface area contributed by atoms with E-state index in [1.165, 1.54) is 40.8 Å². The maximum absolute atomic E-state index is 12.7. The van der Waals surface area contributed by atoms with Crippen molar-refractivity contribution in [3.8, 4) is 0 Å². The lowest BCUT2D eigenvalue weighted by molar-refractivity contribution is -0.384. The fourth-order valence-electron chi connectivity index (χ4n) is 2.41. The van der Waals surface area contributed by atoms with Crippen LogP contribution in [0.5, 0.6) is 0 Å². The molecule has 10 heteroatoms. The molecule has 28 heavy (non-hydrogen) atoms. The molecule has 3 aromatic rings. The summed E-state index contributed by atoms with van der Waals surface area (Å²) in [6.45, 7) is 0. The van der Waals surface area contributed by atoms with E-state index in [4.69, 9.17) is 0 Å². The van der Waals surface area contributed by atoms with Crippen molar-refractivity contribution in [2.24, 2.45) is 0 Å². The van der Waals surface area contributed by atoms with Gasteiger partial charge < -0.3 is 4.90 Å². The average molecular weight is 416 g/mol. The van der Waals surface area contributed by atoms with Gasteiger partial charge in [-0.2, -0.15) is 0 Å². The molecule has 0 aliphatic carbocycles. The smallest absolute Gasteiger partial charge is 0.270 e. The topological polar surface area (TPSA) is 101 Å². The van der Waals surface area contributed by atoms with Crippen molar-refractivity contribution < 1.29 is 9.72 Å². The minimum atomic E-state index is -0.528. The third-order valence-corrected chi connectivity index (χ3v) is 5.79. The van der Waals surface area contributed by atoms with Crippen molar-refractivity contribution in [3.05, 3.63) is 69.8 Å². The van der Waals surface area contributed by atoms with Gasteiger partial charge in [0, 0.05) is 37.7 Å². The summed E-state index contributed by atoms with van der Waals surface area (Å²) >= 11 is 2.79. The number of nitro benzene ring substituents is 1. The molecule has 2 aromatic carbocycles. The van der Waals surface area contributed by atoms with E-state index in [2.05, 4.69) is 15.5 Å². The zero-order chi connectivity index (χ0) is 20.1. The molecule has 0 bridgehead atoms. The number of benzene rings is 2. The number of aromatic nitrogens is 2. The van der Waals surface area contributed by atoms with Crippen molar-refractivity contribution in [2.45, 2.75) is 10.1 Å². The molecular weight excluding hydrogens is 398 g/mol. The molecule has 1 heterocycles. The van der Waals surface area contributed by atoms with Crippen LogP contribution in [0.1, 0.15) is 15.9 Å². The SMILES string of the molecule is CN(C)c1ccc([N+](=O)[O-])cc1C(=O)Nc1nnc(SCc2ccccc2)s1. The summed E-state index contributed by atoms with van der Waals surface area (Å²) in [6, 6.07) is 14.2. The van der Waals surface area contributed by atoms with Crippen LogP contribution in [0.15, 0.2) is 52.9 Å². The number of hydrogen-bond acceptors (Lipinski definition) is 8. The van der Waals surface area contributed by atoms with Crippen LogP contribution >= 0.6 is 23.1 Å². The van der Waals surface area contributed by atoms with E-state index >= 15 is 0 Å². The molecule has 0 atom stereocenters. The fourth-order valence-corrected chi connectivity index (χ4v) is 4.11. The lowest BCUT2D eigenvalue weighted by Crippen LogP contribution is -2.18. The van der Waals surface area contributed by atoms with Gasteiger partial charge in [0.1, 0.15) is 0 Å². The predicted molar refractivity (Wildman–Crippen MR) is 111 cm³/mol. The molecule has 144 valence electrons. The van der Waals surface area contributed by atoms with Crippen molar-refractivity contribution >= 4 is 45.5 Å². The number of thioether (sulfide) groups is 1. The molecule has 0 radical (unpaired) electrons. The zero-order valence-electron chi connectivity index (χ0n) is 15.2. The second-order valence-electron chi connectivity index (χ2n) is 5.95. The summed E-state index contributed by atoms with van der Waals surface area (Å²) in [4.78, 5) is 24.9. The van der Waals surface area contributed by atoms with Crippen molar-refractivity contribution in [1.29, 1.82) is 0 Å². The third-order valence-electron chi connectivity index (χ3n) is 3.75. The first kappa shape index (κ1) is 19.8. The van der Waals surface area contributed by atoms with Crippen LogP contribution in [0.2, 0.25) is 0 Å². The highest BCUT2D eigenvalue weighted by Crippen LogP contribution is 2.30. The normalized spacial score (nSPS) is 10.5. The minimum Gasteiger partial charge on any atom is -0.377 e. The first-order chi connectivity index (χ1) is 13.4. The number of carbonyl (C=O) groups excluding carboxylic acids is 1. The van der Waals surface area contributed by atoms with Gasteiger partial charge in [-0.3, -0.25) is 20.2 Å². The van der Waals surface area contributed by atoms with E-state index in [0.29, 0.717) is 10.8 Å². The standard InChI is InChI=1S/C18H17N5O3S2/c1-22(2)15-9-8-13(23(25)26)10-14(15)16(24)19-17-20-21-18(28-17)27-11-12-6-4-3-5-7-12/h3-10H,11H2,1-2H3,(H,19,20,24). The second-order valence-corrected chi connectivity index (χ2v) is 8.15. The van der Waals surface area contributed by atoms with Gasteiger partial charge in [0.05, 0.1) is 10.5 Å². The van der Waals surface area contributed by atoms with E-state index in [1.54, 1.807) is 25.1 Å². The minimum absolute atomic E-state index is 0.146. The van der Waals surface area contributed by atoms with Crippen LogP contribution in [0, 0.1) is 10.1 Å². The Morgan fingerprint density at radius 1 is 1.21 bits per heavy atom. The van der Waals surface area contributed by atoms with Crippen molar-refractivity contribution in [1.82, 2.24) is 10.2 Å². The Bertz CT molecular complexity index is 992. The average Bonchev–Trinajstić information content (AvgIpc) is 3.13. The van der Waals surface area contributed by atoms with E-state index in [-0.39, 0.29) is 11.3 Å². The number of non-ortho nitro benzene ring substituents is 1. The van der Waals surface area contributed by atoms with Crippen LogP contribution in [0.3, 0.4) is 0 Å². The van der Waals surface area contributed by atoms with Gasteiger partial charge in [0.25, 0.3) is 11.6 Å². The van der Waals surface area contributed by atoms with Gasteiger partial charge in [-0.1, -0.05) is 53.4 Å². The Balaban J connectivity index is 1.72. The third kappa shape index (κ3) is 4.84. The number of anilines is 2. The molecule has 0 spiro atoms.